The Hall–Kier alpha value is -4.04. The van der Waals surface area contributed by atoms with Crippen LogP contribution in [0.1, 0.15) is 29.9 Å². The van der Waals surface area contributed by atoms with Gasteiger partial charge in [0, 0.05) is 5.70 Å². The van der Waals surface area contributed by atoms with Gasteiger partial charge in [-0.2, -0.15) is 18.4 Å². The highest BCUT2D eigenvalue weighted by molar-refractivity contribution is 6.20. The summed E-state index contributed by atoms with van der Waals surface area (Å²) < 4.78 is 52.9. The van der Waals surface area contributed by atoms with Gasteiger partial charge in [-0.05, 0) is 24.6 Å². The van der Waals surface area contributed by atoms with E-state index in [9.17, 15) is 23.2 Å². The van der Waals surface area contributed by atoms with Gasteiger partial charge >= 0.3 is 6.18 Å². The fourth-order valence-corrected chi connectivity index (χ4v) is 4.52. The van der Waals surface area contributed by atoms with Crippen molar-refractivity contribution in [2.24, 2.45) is 0 Å². The molecule has 5 rings (SSSR count). The molecular weight excluding hydrogens is 451 g/mol. The Kier molecular flexibility index (Phi) is 4.98. The minimum atomic E-state index is -4.60. The summed E-state index contributed by atoms with van der Waals surface area (Å²) >= 11 is 0. The van der Waals surface area contributed by atoms with Crippen LogP contribution in [-0.2, 0) is 4.79 Å². The minimum Gasteiger partial charge on any atom is -0.493 e. The molecule has 2 aliphatic rings. The zero-order chi connectivity index (χ0) is 24.2. The van der Waals surface area contributed by atoms with E-state index in [1.165, 1.54) is 19.2 Å². The van der Waals surface area contributed by atoms with E-state index in [4.69, 9.17) is 9.15 Å². The number of nitrogens with zero attached hydrogens (tertiary/aromatic N) is 3. The number of hydrogen-bond acceptors (Lipinski definition) is 7. The van der Waals surface area contributed by atoms with Gasteiger partial charge in [-0.15, -0.1) is 0 Å². The van der Waals surface area contributed by atoms with Gasteiger partial charge in [0.15, 0.2) is 16.8 Å². The topological polar surface area (TPSA) is 103 Å². The Balaban J connectivity index is 1.59. The minimum absolute atomic E-state index is 0.0184. The van der Waals surface area contributed by atoms with Crippen LogP contribution in [0.15, 0.2) is 52.6 Å². The SMILES string of the molecule is COc1c(C#N)ccc2oc(C3=C(C)NC4C(c5ccccc5)C(C(F)(F)F)NN4C3=O)nc12. The van der Waals surface area contributed by atoms with Gasteiger partial charge in [0.25, 0.3) is 5.91 Å². The van der Waals surface area contributed by atoms with Crippen LogP contribution in [0.2, 0.25) is 0 Å². The molecule has 1 fully saturated rings. The highest BCUT2D eigenvalue weighted by atomic mass is 19.4. The molecule has 3 aromatic rings. The van der Waals surface area contributed by atoms with Crippen molar-refractivity contribution >= 4 is 22.6 Å². The molecule has 174 valence electrons. The maximum absolute atomic E-state index is 14.0. The van der Waals surface area contributed by atoms with Gasteiger partial charge < -0.3 is 14.5 Å². The first-order chi connectivity index (χ1) is 16.2. The second-order valence-corrected chi connectivity index (χ2v) is 7.97. The number of halogens is 3. The number of aromatic nitrogens is 1. The molecule has 8 nitrogen and oxygen atoms in total. The summed E-state index contributed by atoms with van der Waals surface area (Å²) in [5, 5.41) is 13.3. The van der Waals surface area contributed by atoms with Crippen LogP contribution in [0.3, 0.4) is 0 Å². The number of allylic oxidation sites excluding steroid dienone is 1. The lowest BCUT2D eigenvalue weighted by molar-refractivity contribution is -0.161. The van der Waals surface area contributed by atoms with Crippen molar-refractivity contribution in [2.45, 2.75) is 31.2 Å². The number of ether oxygens (including phenoxy) is 1. The molecule has 3 heterocycles. The van der Waals surface area contributed by atoms with Crippen LogP contribution >= 0.6 is 0 Å². The van der Waals surface area contributed by atoms with Crippen molar-refractivity contribution in [3.8, 4) is 11.8 Å². The molecule has 2 N–H and O–H groups in total. The van der Waals surface area contributed by atoms with Crippen molar-refractivity contribution in [1.29, 1.82) is 5.26 Å². The van der Waals surface area contributed by atoms with E-state index in [1.54, 1.807) is 37.3 Å². The van der Waals surface area contributed by atoms with Gasteiger partial charge in [-0.1, -0.05) is 30.3 Å². The molecule has 2 aromatic carbocycles. The molecule has 0 radical (unpaired) electrons. The van der Waals surface area contributed by atoms with E-state index in [0.29, 0.717) is 11.3 Å². The van der Waals surface area contributed by atoms with Crippen LogP contribution in [0.25, 0.3) is 16.7 Å². The normalized spacial score (nSPS) is 22.5. The largest absolute Gasteiger partial charge is 0.493 e. The van der Waals surface area contributed by atoms with Crippen LogP contribution in [-0.4, -0.2) is 41.4 Å². The number of alkyl halides is 3. The van der Waals surface area contributed by atoms with Gasteiger partial charge in [0.2, 0.25) is 5.89 Å². The first-order valence-corrected chi connectivity index (χ1v) is 10.3. The van der Waals surface area contributed by atoms with Crippen molar-refractivity contribution < 1.29 is 27.1 Å². The molecule has 1 saturated heterocycles. The van der Waals surface area contributed by atoms with Crippen molar-refractivity contribution in [2.75, 3.05) is 7.11 Å². The van der Waals surface area contributed by atoms with Crippen LogP contribution in [0.4, 0.5) is 13.2 Å². The van der Waals surface area contributed by atoms with Crippen LogP contribution < -0.4 is 15.5 Å². The predicted octanol–water partition coefficient (Wildman–Crippen LogP) is 3.43. The molecule has 34 heavy (non-hydrogen) atoms. The summed E-state index contributed by atoms with van der Waals surface area (Å²) in [7, 11) is 1.38. The molecule has 2 aliphatic heterocycles. The Morgan fingerprint density at radius 2 is 1.94 bits per heavy atom. The number of carbonyl (C=O) groups excluding carboxylic acids is 1. The third-order valence-corrected chi connectivity index (χ3v) is 6.02. The number of hydrogen-bond donors (Lipinski definition) is 2. The lowest BCUT2D eigenvalue weighted by Gasteiger charge is -2.34. The number of nitriles is 1. The number of methoxy groups -OCH3 is 1. The number of oxazole rings is 1. The van der Waals surface area contributed by atoms with Gasteiger partial charge in [0.1, 0.15) is 23.8 Å². The van der Waals surface area contributed by atoms with E-state index in [1.807, 2.05) is 6.07 Å². The van der Waals surface area contributed by atoms with E-state index < -0.39 is 30.2 Å². The van der Waals surface area contributed by atoms with Crippen molar-refractivity contribution in [3.63, 3.8) is 0 Å². The van der Waals surface area contributed by atoms with E-state index in [2.05, 4.69) is 15.7 Å². The lowest BCUT2D eigenvalue weighted by atomic mass is 9.89. The van der Waals surface area contributed by atoms with Crippen molar-refractivity contribution in [1.82, 2.24) is 20.7 Å². The average Bonchev–Trinajstić information content (AvgIpc) is 3.40. The number of nitrogens with one attached hydrogen (secondary N) is 2. The molecule has 0 saturated carbocycles. The number of rotatable bonds is 3. The van der Waals surface area contributed by atoms with E-state index >= 15 is 0 Å². The Bertz CT molecular complexity index is 1360. The first-order valence-electron chi connectivity index (χ1n) is 10.3. The quantitative estimate of drug-likeness (QED) is 0.606. The second kappa shape index (κ2) is 7.78. The Morgan fingerprint density at radius 3 is 2.59 bits per heavy atom. The Morgan fingerprint density at radius 1 is 1.21 bits per heavy atom. The summed E-state index contributed by atoms with van der Waals surface area (Å²) in [5.41, 5.74) is 3.83. The third-order valence-electron chi connectivity index (χ3n) is 6.02. The van der Waals surface area contributed by atoms with Crippen LogP contribution in [0.5, 0.6) is 5.75 Å². The van der Waals surface area contributed by atoms with Gasteiger partial charge in [-0.3, -0.25) is 4.79 Å². The monoisotopic (exact) mass is 469 g/mol. The second-order valence-electron chi connectivity index (χ2n) is 7.97. The highest BCUT2D eigenvalue weighted by Crippen LogP contribution is 2.43. The third kappa shape index (κ3) is 3.26. The summed E-state index contributed by atoms with van der Waals surface area (Å²) in [5.74, 6) is -1.70. The van der Waals surface area contributed by atoms with Crippen molar-refractivity contribution in [3.05, 3.63) is 65.2 Å². The standard InChI is InChI=1S/C23H18F3N5O3/c1-11-15(21-29-17-14(34-21)9-8-13(10-27)18(17)33-2)22(32)31-20(28-11)16(12-6-4-3-5-7-12)19(30-31)23(24,25)26/h3-9,16,19-20,28,30H,1-2H3. The van der Waals surface area contributed by atoms with E-state index in [-0.39, 0.29) is 33.9 Å². The molecule has 1 aromatic heterocycles. The zero-order valence-corrected chi connectivity index (χ0v) is 18.0. The number of carbonyl (C=O) groups is 1. The highest BCUT2D eigenvalue weighted by Gasteiger charge is 2.58. The smallest absolute Gasteiger partial charge is 0.406 e. The molecule has 0 bridgehead atoms. The number of benzene rings is 2. The van der Waals surface area contributed by atoms with Gasteiger partial charge in [0.05, 0.1) is 18.6 Å². The molecule has 3 unspecified atom stereocenters. The van der Waals surface area contributed by atoms with E-state index in [0.717, 1.165) is 5.01 Å². The molecular formula is C23H18F3N5O3. The molecule has 0 aliphatic carbocycles. The molecule has 11 heteroatoms. The summed E-state index contributed by atoms with van der Waals surface area (Å²) in [6.07, 6.45) is -5.58. The maximum atomic E-state index is 14.0. The lowest BCUT2D eigenvalue weighted by Crippen LogP contribution is -2.54. The fraction of sp³-hybridized carbons (Fsp3) is 0.261. The number of fused-ring (bicyclic) bond motifs is 2. The average molecular weight is 469 g/mol. The number of hydrazine groups is 1. The maximum Gasteiger partial charge on any atom is 0.406 e. The predicted molar refractivity (Wildman–Crippen MR) is 114 cm³/mol. The molecule has 1 amide bonds. The summed E-state index contributed by atoms with van der Waals surface area (Å²) in [6.45, 7) is 1.58. The fourth-order valence-electron chi connectivity index (χ4n) is 4.52. The van der Waals surface area contributed by atoms with Crippen LogP contribution in [0, 0.1) is 11.3 Å². The summed E-state index contributed by atoms with van der Waals surface area (Å²) in [6, 6.07) is 11.3. The zero-order valence-electron chi connectivity index (χ0n) is 18.0. The number of amides is 1. The first kappa shape index (κ1) is 21.8. The van der Waals surface area contributed by atoms with Gasteiger partial charge in [-0.25, -0.2) is 15.4 Å². The molecule has 0 spiro atoms. The Labute approximate surface area is 191 Å². The summed E-state index contributed by atoms with van der Waals surface area (Å²) in [4.78, 5) is 17.8. The molecule has 3 atom stereocenters.